The second-order valence-electron chi connectivity index (χ2n) is 4.17. The van der Waals surface area contributed by atoms with Crippen LogP contribution in [0.4, 0.5) is 0 Å². The van der Waals surface area contributed by atoms with E-state index in [2.05, 4.69) is 0 Å². The molecule has 2 rings (SSSR count). The normalized spacial score (nSPS) is 10.3. The Morgan fingerprint density at radius 2 is 1.95 bits per heavy atom. The molecule has 0 aliphatic carbocycles. The van der Waals surface area contributed by atoms with E-state index in [-0.39, 0.29) is 11.3 Å². The standard InChI is InChI=1S/C14H11NO5S/c1-8(16)15-12(17)7-21-14(19)10-6-9-4-2-3-5-11(9)20-13(10)18/h2-6H,7H2,1H3,(H,15,16,17). The van der Waals surface area contributed by atoms with Crippen LogP contribution in [0, 0.1) is 0 Å². The maximum absolute atomic E-state index is 11.9. The fourth-order valence-corrected chi connectivity index (χ4v) is 2.28. The number of amides is 2. The summed E-state index contributed by atoms with van der Waals surface area (Å²) in [5.41, 5.74) is -0.495. The van der Waals surface area contributed by atoms with E-state index in [9.17, 15) is 19.2 Å². The van der Waals surface area contributed by atoms with Gasteiger partial charge in [0.2, 0.25) is 16.9 Å². The number of hydrogen-bond donors (Lipinski definition) is 1. The Balaban J connectivity index is 2.16. The molecule has 108 valence electrons. The predicted molar refractivity (Wildman–Crippen MR) is 78.1 cm³/mol. The number of hydrogen-bond acceptors (Lipinski definition) is 6. The number of fused-ring (bicyclic) bond motifs is 1. The van der Waals surface area contributed by atoms with Crippen LogP contribution in [-0.4, -0.2) is 22.7 Å². The summed E-state index contributed by atoms with van der Waals surface area (Å²) < 4.78 is 5.04. The zero-order valence-corrected chi connectivity index (χ0v) is 11.9. The van der Waals surface area contributed by atoms with Crippen molar-refractivity contribution in [3.63, 3.8) is 0 Å². The highest BCUT2D eigenvalue weighted by atomic mass is 32.2. The monoisotopic (exact) mass is 305 g/mol. The lowest BCUT2D eigenvalue weighted by molar-refractivity contribution is -0.127. The van der Waals surface area contributed by atoms with Gasteiger partial charge in [-0.05, 0) is 12.1 Å². The summed E-state index contributed by atoms with van der Waals surface area (Å²) in [5.74, 6) is -1.34. The summed E-state index contributed by atoms with van der Waals surface area (Å²) in [4.78, 5) is 45.6. The molecule has 0 fully saturated rings. The van der Waals surface area contributed by atoms with Crippen molar-refractivity contribution in [2.45, 2.75) is 6.92 Å². The maximum Gasteiger partial charge on any atom is 0.348 e. The van der Waals surface area contributed by atoms with Crippen molar-refractivity contribution < 1.29 is 18.8 Å². The van der Waals surface area contributed by atoms with Crippen LogP contribution in [0.15, 0.2) is 39.5 Å². The van der Waals surface area contributed by atoms with E-state index in [0.717, 1.165) is 0 Å². The first-order valence-corrected chi connectivity index (χ1v) is 6.96. The highest BCUT2D eigenvalue weighted by Crippen LogP contribution is 2.16. The largest absolute Gasteiger partial charge is 0.422 e. The van der Waals surface area contributed by atoms with E-state index in [4.69, 9.17) is 4.42 Å². The van der Waals surface area contributed by atoms with Crippen LogP contribution in [-0.2, 0) is 9.59 Å². The fourth-order valence-electron chi connectivity index (χ4n) is 1.65. The molecule has 0 atom stereocenters. The minimum Gasteiger partial charge on any atom is -0.422 e. The highest BCUT2D eigenvalue weighted by Gasteiger charge is 2.16. The van der Waals surface area contributed by atoms with Gasteiger partial charge in [-0.2, -0.15) is 0 Å². The van der Waals surface area contributed by atoms with Crippen LogP contribution in [0.2, 0.25) is 0 Å². The summed E-state index contributed by atoms with van der Waals surface area (Å²) in [6.45, 7) is 1.20. The third-order valence-electron chi connectivity index (χ3n) is 2.51. The van der Waals surface area contributed by atoms with Gasteiger partial charge in [0, 0.05) is 12.3 Å². The maximum atomic E-state index is 11.9. The zero-order chi connectivity index (χ0) is 15.4. The molecular weight excluding hydrogens is 294 g/mol. The van der Waals surface area contributed by atoms with E-state index in [1.165, 1.54) is 13.0 Å². The van der Waals surface area contributed by atoms with Crippen molar-refractivity contribution in [2.24, 2.45) is 0 Å². The first-order valence-electron chi connectivity index (χ1n) is 5.98. The number of imide groups is 1. The van der Waals surface area contributed by atoms with Crippen molar-refractivity contribution in [2.75, 3.05) is 5.75 Å². The number of nitrogens with one attached hydrogen (secondary N) is 1. The molecule has 0 aliphatic rings. The zero-order valence-electron chi connectivity index (χ0n) is 11.0. The molecule has 21 heavy (non-hydrogen) atoms. The van der Waals surface area contributed by atoms with Crippen molar-refractivity contribution in [3.05, 3.63) is 46.3 Å². The van der Waals surface area contributed by atoms with E-state index in [1.807, 2.05) is 5.32 Å². The van der Waals surface area contributed by atoms with Gasteiger partial charge < -0.3 is 4.42 Å². The SMILES string of the molecule is CC(=O)NC(=O)CSC(=O)c1cc2ccccc2oc1=O. The second-order valence-corrected chi connectivity index (χ2v) is 5.11. The molecule has 7 heteroatoms. The number of para-hydroxylation sites is 1. The van der Waals surface area contributed by atoms with Crippen molar-refractivity contribution in [1.82, 2.24) is 5.32 Å². The Hall–Kier alpha value is -2.41. The summed E-state index contributed by atoms with van der Waals surface area (Å²) in [5, 5.41) is 2.09. The Morgan fingerprint density at radius 3 is 2.67 bits per heavy atom. The highest BCUT2D eigenvalue weighted by molar-refractivity contribution is 8.14. The molecule has 1 aromatic carbocycles. The number of rotatable bonds is 3. The molecule has 0 unspecified atom stereocenters. The Labute approximate surface area is 123 Å². The molecule has 0 spiro atoms. The average Bonchev–Trinajstić information content (AvgIpc) is 2.43. The summed E-state index contributed by atoms with van der Waals surface area (Å²) in [6.07, 6.45) is 0. The lowest BCUT2D eigenvalue weighted by Gasteiger charge is -2.02. The molecule has 0 saturated heterocycles. The lowest BCUT2D eigenvalue weighted by atomic mass is 10.2. The minimum absolute atomic E-state index is 0.130. The van der Waals surface area contributed by atoms with Gasteiger partial charge in [0.1, 0.15) is 11.1 Å². The van der Waals surface area contributed by atoms with Gasteiger partial charge >= 0.3 is 5.63 Å². The molecule has 6 nitrogen and oxygen atoms in total. The Kier molecular flexibility index (Phi) is 4.54. The number of carbonyl (C=O) groups is 3. The van der Waals surface area contributed by atoms with E-state index in [0.29, 0.717) is 22.7 Å². The van der Waals surface area contributed by atoms with Crippen LogP contribution < -0.4 is 10.9 Å². The first-order chi connectivity index (χ1) is 9.97. The molecule has 0 aliphatic heterocycles. The molecule has 2 amide bonds. The van der Waals surface area contributed by atoms with Crippen LogP contribution in [0.3, 0.4) is 0 Å². The van der Waals surface area contributed by atoms with Gasteiger partial charge in [-0.1, -0.05) is 30.0 Å². The molecule has 0 radical (unpaired) electrons. The molecule has 0 saturated carbocycles. The fraction of sp³-hybridized carbons (Fsp3) is 0.143. The smallest absolute Gasteiger partial charge is 0.348 e. The number of thioether (sulfide) groups is 1. The number of carbonyl (C=O) groups excluding carboxylic acids is 3. The van der Waals surface area contributed by atoms with Crippen LogP contribution in [0.25, 0.3) is 11.0 Å². The van der Waals surface area contributed by atoms with Crippen molar-refractivity contribution in [3.8, 4) is 0 Å². The van der Waals surface area contributed by atoms with E-state index in [1.54, 1.807) is 24.3 Å². The van der Waals surface area contributed by atoms with Gasteiger partial charge in [0.15, 0.2) is 0 Å². The van der Waals surface area contributed by atoms with E-state index >= 15 is 0 Å². The third-order valence-corrected chi connectivity index (χ3v) is 3.40. The van der Waals surface area contributed by atoms with Crippen LogP contribution in [0.5, 0.6) is 0 Å². The quantitative estimate of drug-likeness (QED) is 0.860. The summed E-state index contributed by atoms with van der Waals surface area (Å²) in [6, 6.07) is 8.23. The van der Waals surface area contributed by atoms with Crippen molar-refractivity contribution in [1.29, 1.82) is 0 Å². The number of benzene rings is 1. The summed E-state index contributed by atoms with van der Waals surface area (Å²) in [7, 11) is 0. The van der Waals surface area contributed by atoms with Crippen molar-refractivity contribution >= 4 is 39.7 Å². The molecule has 1 heterocycles. The molecule has 0 bridgehead atoms. The van der Waals surface area contributed by atoms with Crippen LogP contribution in [0.1, 0.15) is 17.3 Å². The van der Waals surface area contributed by atoms with E-state index < -0.39 is 22.6 Å². The van der Waals surface area contributed by atoms with Gasteiger partial charge in [-0.15, -0.1) is 0 Å². The van der Waals surface area contributed by atoms with Gasteiger partial charge in [-0.25, -0.2) is 4.79 Å². The third kappa shape index (κ3) is 3.79. The lowest BCUT2D eigenvalue weighted by Crippen LogP contribution is -2.30. The topological polar surface area (TPSA) is 93.4 Å². The molecule has 2 aromatic rings. The molecular formula is C14H11NO5S. The predicted octanol–water partition coefficient (Wildman–Crippen LogP) is 1.33. The van der Waals surface area contributed by atoms with Gasteiger partial charge in [0.05, 0.1) is 5.75 Å². The molecule has 1 aromatic heterocycles. The van der Waals surface area contributed by atoms with Gasteiger partial charge in [0.25, 0.3) is 0 Å². The van der Waals surface area contributed by atoms with Crippen LogP contribution >= 0.6 is 11.8 Å². The van der Waals surface area contributed by atoms with Gasteiger partial charge in [-0.3, -0.25) is 19.7 Å². The second kappa shape index (κ2) is 6.36. The minimum atomic E-state index is -0.752. The Morgan fingerprint density at radius 1 is 1.24 bits per heavy atom. The first kappa shape index (κ1) is 15.0. The average molecular weight is 305 g/mol. The molecule has 1 N–H and O–H groups in total. The summed E-state index contributed by atoms with van der Waals surface area (Å²) >= 11 is 0.639. The Bertz CT molecular complexity index is 780.